The summed E-state index contributed by atoms with van der Waals surface area (Å²) in [5, 5.41) is 3.39. The van der Waals surface area contributed by atoms with E-state index < -0.39 is 11.2 Å². The highest BCUT2D eigenvalue weighted by Gasteiger charge is 2.20. The summed E-state index contributed by atoms with van der Waals surface area (Å²) >= 11 is 5.30. The maximum absolute atomic E-state index is 12.3. The molecule has 0 aliphatic heterocycles. The average molecular weight is 347 g/mol. The maximum atomic E-state index is 12.3. The Labute approximate surface area is 145 Å². The lowest BCUT2D eigenvalue weighted by atomic mass is 10.2. The Morgan fingerprint density at radius 3 is 2.54 bits per heavy atom. The van der Waals surface area contributed by atoms with E-state index in [1.807, 2.05) is 44.2 Å². The molecule has 0 saturated heterocycles. The number of H-pyrrole nitrogens is 1. The standard InChI is InChI=1S/C16H21N5O2S/c1-3-18-16(24)20(4-2)12-13(17)21(15(23)19-14(12)22)10-11-8-6-5-7-9-11/h5-9H,3-4,10,17H2,1-2H3,(H,18,24)(H,19,22,23). The third-order valence-electron chi connectivity index (χ3n) is 3.56. The molecule has 2 aromatic rings. The minimum atomic E-state index is -0.552. The van der Waals surface area contributed by atoms with Crippen LogP contribution in [0.3, 0.4) is 0 Å². The van der Waals surface area contributed by atoms with Crippen molar-refractivity contribution in [1.82, 2.24) is 14.9 Å². The summed E-state index contributed by atoms with van der Waals surface area (Å²) in [5.41, 5.74) is 6.14. The van der Waals surface area contributed by atoms with Crippen LogP contribution >= 0.6 is 12.2 Å². The summed E-state index contributed by atoms with van der Waals surface area (Å²) in [7, 11) is 0. The van der Waals surface area contributed by atoms with Gasteiger partial charge in [-0.3, -0.25) is 14.3 Å². The Hall–Kier alpha value is -2.61. The highest BCUT2D eigenvalue weighted by Crippen LogP contribution is 2.17. The molecule has 0 fully saturated rings. The van der Waals surface area contributed by atoms with Crippen LogP contribution in [0.2, 0.25) is 0 Å². The Morgan fingerprint density at radius 1 is 1.29 bits per heavy atom. The third-order valence-corrected chi connectivity index (χ3v) is 3.92. The van der Waals surface area contributed by atoms with Crippen LogP contribution < -0.4 is 27.2 Å². The van der Waals surface area contributed by atoms with E-state index in [0.29, 0.717) is 18.2 Å². The minimum absolute atomic E-state index is 0.0923. The third kappa shape index (κ3) is 3.65. The molecule has 24 heavy (non-hydrogen) atoms. The van der Waals surface area contributed by atoms with Crippen molar-refractivity contribution in [3.8, 4) is 0 Å². The number of nitrogens with zero attached hydrogens (tertiary/aromatic N) is 2. The lowest BCUT2D eigenvalue weighted by Crippen LogP contribution is -2.45. The van der Waals surface area contributed by atoms with Crippen molar-refractivity contribution < 1.29 is 0 Å². The molecule has 0 unspecified atom stereocenters. The topological polar surface area (TPSA) is 96.2 Å². The molecule has 0 saturated carbocycles. The van der Waals surface area contributed by atoms with Gasteiger partial charge in [0.05, 0.1) is 6.54 Å². The van der Waals surface area contributed by atoms with Crippen molar-refractivity contribution in [2.75, 3.05) is 23.7 Å². The largest absolute Gasteiger partial charge is 0.383 e. The highest BCUT2D eigenvalue weighted by atomic mass is 32.1. The Kier molecular flexibility index (Phi) is 5.75. The van der Waals surface area contributed by atoms with Crippen LogP contribution in [0.1, 0.15) is 19.4 Å². The van der Waals surface area contributed by atoms with Gasteiger partial charge in [-0.2, -0.15) is 0 Å². The quantitative estimate of drug-likeness (QED) is 0.695. The van der Waals surface area contributed by atoms with Gasteiger partial charge in [-0.05, 0) is 31.6 Å². The molecule has 7 nitrogen and oxygen atoms in total. The van der Waals surface area contributed by atoms with Gasteiger partial charge in [0.15, 0.2) is 10.8 Å². The molecule has 1 heterocycles. The van der Waals surface area contributed by atoms with Crippen LogP contribution in [0, 0.1) is 0 Å². The van der Waals surface area contributed by atoms with E-state index >= 15 is 0 Å². The fourth-order valence-electron chi connectivity index (χ4n) is 2.41. The number of nitrogens with one attached hydrogen (secondary N) is 2. The zero-order chi connectivity index (χ0) is 17.7. The first-order chi connectivity index (χ1) is 11.5. The van der Waals surface area contributed by atoms with Gasteiger partial charge in [-0.25, -0.2) is 4.79 Å². The summed E-state index contributed by atoms with van der Waals surface area (Å²) in [4.78, 5) is 28.4. The van der Waals surface area contributed by atoms with Crippen LogP contribution in [-0.2, 0) is 6.54 Å². The predicted octanol–water partition coefficient (Wildman–Crippen LogP) is 0.888. The molecule has 8 heteroatoms. The van der Waals surface area contributed by atoms with Gasteiger partial charge in [0, 0.05) is 13.1 Å². The zero-order valence-electron chi connectivity index (χ0n) is 13.7. The average Bonchev–Trinajstić information content (AvgIpc) is 2.56. The molecular weight excluding hydrogens is 326 g/mol. The van der Waals surface area contributed by atoms with E-state index in [9.17, 15) is 9.59 Å². The number of nitrogen functional groups attached to an aromatic ring is 1. The SMILES string of the molecule is CCNC(=S)N(CC)c1c(N)n(Cc2ccccc2)c(=O)[nH]c1=O. The Balaban J connectivity index is 2.53. The fraction of sp³-hybridized carbons (Fsp3) is 0.312. The van der Waals surface area contributed by atoms with Gasteiger partial charge >= 0.3 is 5.69 Å². The number of hydrogen-bond donors (Lipinski definition) is 3. The second kappa shape index (κ2) is 7.78. The number of aromatic amines is 1. The van der Waals surface area contributed by atoms with Gasteiger partial charge in [0.25, 0.3) is 5.56 Å². The summed E-state index contributed by atoms with van der Waals surface area (Å²) < 4.78 is 1.34. The molecule has 1 aromatic heterocycles. The summed E-state index contributed by atoms with van der Waals surface area (Å²) in [6, 6.07) is 9.42. The first-order valence-corrected chi connectivity index (χ1v) is 8.12. The molecule has 0 amide bonds. The number of nitrogens with two attached hydrogens (primary N) is 1. The fourth-order valence-corrected chi connectivity index (χ4v) is 2.78. The number of rotatable bonds is 5. The molecule has 0 radical (unpaired) electrons. The molecule has 0 spiro atoms. The minimum Gasteiger partial charge on any atom is -0.383 e. The summed E-state index contributed by atoms with van der Waals surface area (Å²) in [6.45, 7) is 5.10. The predicted molar refractivity (Wildman–Crippen MR) is 101 cm³/mol. The van der Waals surface area contributed by atoms with Crippen LogP contribution in [0.4, 0.5) is 11.5 Å². The van der Waals surface area contributed by atoms with Crippen molar-refractivity contribution in [3.05, 3.63) is 56.7 Å². The number of aromatic nitrogens is 2. The van der Waals surface area contributed by atoms with E-state index in [1.54, 1.807) is 4.90 Å². The smallest absolute Gasteiger partial charge is 0.330 e. The van der Waals surface area contributed by atoms with Gasteiger partial charge in [0.1, 0.15) is 5.82 Å². The molecular formula is C16H21N5O2S. The van der Waals surface area contributed by atoms with Crippen molar-refractivity contribution in [2.45, 2.75) is 20.4 Å². The molecule has 4 N–H and O–H groups in total. The van der Waals surface area contributed by atoms with E-state index in [-0.39, 0.29) is 18.1 Å². The molecule has 0 aliphatic rings. The van der Waals surface area contributed by atoms with Gasteiger partial charge in [0.2, 0.25) is 0 Å². The molecule has 128 valence electrons. The van der Waals surface area contributed by atoms with Crippen molar-refractivity contribution in [2.24, 2.45) is 0 Å². The lowest BCUT2D eigenvalue weighted by Gasteiger charge is -2.25. The number of thiocarbonyl (C=S) groups is 1. The van der Waals surface area contributed by atoms with Crippen molar-refractivity contribution in [3.63, 3.8) is 0 Å². The Bertz CT molecular complexity index is 829. The van der Waals surface area contributed by atoms with E-state index in [1.165, 1.54) is 4.57 Å². The van der Waals surface area contributed by atoms with Crippen molar-refractivity contribution >= 4 is 28.8 Å². The van der Waals surface area contributed by atoms with Crippen LogP contribution in [0.15, 0.2) is 39.9 Å². The second-order valence-electron chi connectivity index (χ2n) is 5.14. The first-order valence-electron chi connectivity index (χ1n) is 7.71. The normalized spacial score (nSPS) is 10.4. The van der Waals surface area contributed by atoms with Gasteiger partial charge < -0.3 is 16.0 Å². The molecule has 2 rings (SSSR count). The van der Waals surface area contributed by atoms with Gasteiger partial charge in [-0.1, -0.05) is 30.3 Å². The molecule has 0 bridgehead atoms. The number of anilines is 2. The maximum Gasteiger partial charge on any atom is 0.330 e. The monoisotopic (exact) mass is 347 g/mol. The molecule has 0 atom stereocenters. The zero-order valence-corrected chi connectivity index (χ0v) is 14.5. The van der Waals surface area contributed by atoms with Gasteiger partial charge in [-0.15, -0.1) is 0 Å². The van der Waals surface area contributed by atoms with Crippen molar-refractivity contribution in [1.29, 1.82) is 0 Å². The second-order valence-corrected chi connectivity index (χ2v) is 5.53. The molecule has 0 aliphatic carbocycles. The first kappa shape index (κ1) is 17.7. The molecule has 1 aromatic carbocycles. The highest BCUT2D eigenvalue weighted by molar-refractivity contribution is 7.80. The Morgan fingerprint density at radius 2 is 1.96 bits per heavy atom. The summed E-state index contributed by atoms with van der Waals surface area (Å²) in [6.07, 6.45) is 0. The number of hydrogen-bond acceptors (Lipinski definition) is 4. The number of benzene rings is 1. The van der Waals surface area contributed by atoms with Crippen LogP contribution in [-0.4, -0.2) is 27.8 Å². The van der Waals surface area contributed by atoms with E-state index in [0.717, 1.165) is 5.56 Å². The lowest BCUT2D eigenvalue weighted by molar-refractivity contribution is 0.730. The van der Waals surface area contributed by atoms with Crippen LogP contribution in [0.25, 0.3) is 0 Å². The van der Waals surface area contributed by atoms with E-state index in [4.69, 9.17) is 18.0 Å². The summed E-state index contributed by atoms with van der Waals surface area (Å²) in [5.74, 6) is 0.0923. The van der Waals surface area contributed by atoms with Crippen LogP contribution in [0.5, 0.6) is 0 Å². The van der Waals surface area contributed by atoms with E-state index in [2.05, 4.69) is 10.3 Å².